The highest BCUT2D eigenvalue weighted by Crippen LogP contribution is 2.33. The maximum absolute atomic E-state index is 13.0. The fraction of sp³-hybridized carbons (Fsp3) is 0.286. The molecular formula is C28H30ClN5O3S2. The van der Waals surface area contributed by atoms with E-state index in [1.807, 2.05) is 0 Å². The summed E-state index contributed by atoms with van der Waals surface area (Å²) in [5.41, 5.74) is 4.04. The molecule has 3 aromatic carbocycles. The van der Waals surface area contributed by atoms with Crippen LogP contribution >= 0.6 is 22.9 Å². The van der Waals surface area contributed by atoms with E-state index < -0.39 is 10.0 Å². The van der Waals surface area contributed by atoms with Crippen LogP contribution < -0.4 is 14.9 Å². The first-order valence-electron chi connectivity index (χ1n) is 12.7. The summed E-state index contributed by atoms with van der Waals surface area (Å²) < 4.78 is 29.4. The van der Waals surface area contributed by atoms with Crippen LogP contribution in [-0.4, -0.2) is 63.5 Å². The monoisotopic (exact) mass is 583 g/mol. The summed E-state index contributed by atoms with van der Waals surface area (Å²) in [6.45, 7) is 8.89. The van der Waals surface area contributed by atoms with Gasteiger partial charge in [0.25, 0.3) is 15.9 Å². The summed E-state index contributed by atoms with van der Waals surface area (Å²) in [5, 5.41) is 4.44. The van der Waals surface area contributed by atoms with Crippen LogP contribution in [0.15, 0.2) is 65.6 Å². The lowest BCUT2D eigenvalue weighted by atomic mass is 10.1. The van der Waals surface area contributed by atoms with Crippen LogP contribution in [0, 0.1) is 13.8 Å². The Morgan fingerprint density at radius 1 is 0.974 bits per heavy atom. The Kier molecular flexibility index (Phi) is 8.08. The van der Waals surface area contributed by atoms with E-state index >= 15 is 0 Å². The molecule has 5 rings (SSSR count). The molecule has 204 valence electrons. The molecule has 1 aromatic heterocycles. The molecule has 2 N–H and O–H groups in total. The minimum absolute atomic E-state index is 0.0670. The van der Waals surface area contributed by atoms with Gasteiger partial charge < -0.3 is 10.2 Å². The predicted octanol–water partition coefficient (Wildman–Crippen LogP) is 4.92. The van der Waals surface area contributed by atoms with Crippen LogP contribution in [0.25, 0.3) is 10.2 Å². The van der Waals surface area contributed by atoms with E-state index in [1.54, 1.807) is 35.6 Å². The van der Waals surface area contributed by atoms with Crippen LogP contribution in [0.2, 0.25) is 5.02 Å². The van der Waals surface area contributed by atoms with Gasteiger partial charge in [0.2, 0.25) is 0 Å². The molecule has 1 saturated heterocycles. The number of benzene rings is 3. The van der Waals surface area contributed by atoms with Crippen LogP contribution in [0.1, 0.15) is 21.5 Å². The summed E-state index contributed by atoms with van der Waals surface area (Å²) in [7, 11) is -3.87. The third kappa shape index (κ3) is 6.19. The molecular weight excluding hydrogens is 554 g/mol. The largest absolute Gasteiger partial charge is 0.351 e. The third-order valence-electron chi connectivity index (χ3n) is 6.83. The zero-order chi connectivity index (χ0) is 27.6. The number of carbonyl (C=O) groups is 1. The zero-order valence-corrected chi connectivity index (χ0v) is 24.2. The molecule has 0 radical (unpaired) electrons. The van der Waals surface area contributed by atoms with Crippen molar-refractivity contribution >= 4 is 59.9 Å². The van der Waals surface area contributed by atoms with Crippen molar-refractivity contribution in [1.82, 2.24) is 15.2 Å². The van der Waals surface area contributed by atoms with Gasteiger partial charge >= 0.3 is 0 Å². The van der Waals surface area contributed by atoms with E-state index in [1.165, 1.54) is 40.1 Å². The fourth-order valence-electron chi connectivity index (χ4n) is 4.56. The number of nitrogens with one attached hydrogen (secondary N) is 2. The van der Waals surface area contributed by atoms with Gasteiger partial charge in [-0.2, -0.15) is 0 Å². The van der Waals surface area contributed by atoms with Gasteiger partial charge in [-0.15, -0.1) is 0 Å². The molecule has 0 spiro atoms. The highest BCUT2D eigenvalue weighted by atomic mass is 35.5. The van der Waals surface area contributed by atoms with Gasteiger partial charge in [-0.05, 0) is 61.4 Å². The van der Waals surface area contributed by atoms with Crippen molar-refractivity contribution in [3.8, 4) is 0 Å². The molecule has 1 amide bonds. The first-order valence-corrected chi connectivity index (χ1v) is 15.4. The Labute approximate surface area is 237 Å². The van der Waals surface area contributed by atoms with Crippen molar-refractivity contribution in [1.29, 1.82) is 0 Å². The molecule has 0 saturated carbocycles. The maximum atomic E-state index is 13.0. The van der Waals surface area contributed by atoms with E-state index in [4.69, 9.17) is 16.6 Å². The molecule has 39 heavy (non-hydrogen) atoms. The number of hydrogen-bond donors (Lipinski definition) is 2. The Bertz CT molecular complexity index is 1560. The lowest BCUT2D eigenvalue weighted by molar-refractivity contribution is 0.0948. The van der Waals surface area contributed by atoms with Crippen molar-refractivity contribution in [3.63, 3.8) is 0 Å². The first-order chi connectivity index (χ1) is 18.7. The molecule has 4 aromatic rings. The number of aromatic nitrogens is 1. The Balaban J connectivity index is 1.14. The number of anilines is 2. The first kappa shape index (κ1) is 27.4. The lowest BCUT2D eigenvalue weighted by Gasteiger charge is -2.34. The summed E-state index contributed by atoms with van der Waals surface area (Å²) in [5.74, 6) is -0.330. The molecule has 0 aliphatic carbocycles. The number of amides is 1. The van der Waals surface area contributed by atoms with Gasteiger partial charge in [0.15, 0.2) is 5.13 Å². The molecule has 0 bridgehead atoms. The SMILES string of the molecule is Cc1ccc(C)c2sc(N3CCN(CCNC(=O)c4ccccc4NS(=O)(=O)c4ccc(Cl)cc4)CC3)nc12. The normalized spacial score (nSPS) is 14.5. The van der Waals surface area contributed by atoms with E-state index in [9.17, 15) is 13.2 Å². The highest BCUT2D eigenvalue weighted by Gasteiger charge is 2.22. The number of fused-ring (bicyclic) bond motifs is 1. The average molecular weight is 584 g/mol. The number of rotatable bonds is 8. The summed E-state index contributed by atoms with van der Waals surface area (Å²) in [6, 6.07) is 16.7. The lowest BCUT2D eigenvalue weighted by Crippen LogP contribution is -2.48. The van der Waals surface area contributed by atoms with Crippen LogP contribution in [0.4, 0.5) is 10.8 Å². The van der Waals surface area contributed by atoms with Crippen molar-refractivity contribution in [2.45, 2.75) is 18.7 Å². The van der Waals surface area contributed by atoms with Gasteiger partial charge in [0, 0.05) is 44.3 Å². The molecule has 1 fully saturated rings. The van der Waals surface area contributed by atoms with Gasteiger partial charge in [0.05, 0.1) is 26.4 Å². The van der Waals surface area contributed by atoms with Gasteiger partial charge in [-0.25, -0.2) is 13.4 Å². The molecule has 11 heteroatoms. The minimum atomic E-state index is -3.87. The van der Waals surface area contributed by atoms with E-state index in [-0.39, 0.29) is 22.1 Å². The number of nitrogens with zero attached hydrogens (tertiary/aromatic N) is 3. The van der Waals surface area contributed by atoms with Gasteiger partial charge in [0.1, 0.15) is 0 Å². The summed E-state index contributed by atoms with van der Waals surface area (Å²) >= 11 is 7.63. The number of para-hydroxylation sites is 1. The Hall–Kier alpha value is -3.18. The van der Waals surface area contributed by atoms with E-state index in [0.29, 0.717) is 18.1 Å². The molecule has 1 aliphatic heterocycles. The van der Waals surface area contributed by atoms with Crippen molar-refractivity contribution in [2.24, 2.45) is 0 Å². The number of halogens is 1. The second kappa shape index (κ2) is 11.5. The average Bonchev–Trinajstić information content (AvgIpc) is 3.39. The smallest absolute Gasteiger partial charge is 0.261 e. The number of aryl methyl sites for hydroxylation is 2. The van der Waals surface area contributed by atoms with Gasteiger partial charge in [-0.3, -0.25) is 14.4 Å². The zero-order valence-electron chi connectivity index (χ0n) is 21.8. The van der Waals surface area contributed by atoms with Crippen LogP contribution in [0.5, 0.6) is 0 Å². The number of thiazole rings is 1. The topological polar surface area (TPSA) is 94.6 Å². The van der Waals surface area contributed by atoms with Crippen molar-refractivity contribution in [2.75, 3.05) is 48.9 Å². The maximum Gasteiger partial charge on any atom is 0.261 e. The van der Waals surface area contributed by atoms with E-state index in [2.05, 4.69) is 45.8 Å². The second-order valence-electron chi connectivity index (χ2n) is 9.56. The quantitative estimate of drug-likeness (QED) is 0.306. The molecule has 0 unspecified atom stereocenters. The number of sulfonamides is 1. The number of piperazine rings is 1. The Morgan fingerprint density at radius 2 is 1.67 bits per heavy atom. The second-order valence-corrected chi connectivity index (χ2v) is 12.7. The highest BCUT2D eigenvalue weighted by molar-refractivity contribution is 7.92. The van der Waals surface area contributed by atoms with Crippen LogP contribution in [0.3, 0.4) is 0 Å². The number of carbonyl (C=O) groups excluding carboxylic acids is 1. The Morgan fingerprint density at radius 3 is 2.38 bits per heavy atom. The third-order valence-corrected chi connectivity index (χ3v) is 9.71. The van der Waals surface area contributed by atoms with Crippen molar-refractivity contribution < 1.29 is 13.2 Å². The fourth-order valence-corrected chi connectivity index (χ4v) is 6.93. The van der Waals surface area contributed by atoms with E-state index in [0.717, 1.165) is 36.8 Å². The van der Waals surface area contributed by atoms with Crippen molar-refractivity contribution in [3.05, 3.63) is 82.4 Å². The minimum Gasteiger partial charge on any atom is -0.351 e. The van der Waals surface area contributed by atoms with Crippen LogP contribution in [-0.2, 0) is 10.0 Å². The standard InChI is InChI=1S/C28H30ClN5O3S2/c1-19-7-8-20(2)26-25(19)31-28(38-26)34-17-15-33(16-18-34)14-13-30-27(35)23-5-3-4-6-24(23)32-39(36,37)22-11-9-21(29)10-12-22/h3-12,32H,13-18H2,1-2H3,(H,30,35). The summed E-state index contributed by atoms with van der Waals surface area (Å²) in [6.07, 6.45) is 0. The number of hydrogen-bond acceptors (Lipinski definition) is 7. The molecule has 0 atom stereocenters. The summed E-state index contributed by atoms with van der Waals surface area (Å²) in [4.78, 5) is 22.6. The van der Waals surface area contributed by atoms with Gasteiger partial charge in [-0.1, -0.05) is 47.2 Å². The predicted molar refractivity (Wildman–Crippen MR) is 159 cm³/mol. The molecule has 2 heterocycles. The molecule has 1 aliphatic rings. The molecule has 8 nitrogen and oxygen atoms in total.